The number of aliphatic carboxylic acids is 1. The molecule has 0 unspecified atom stereocenters. The minimum Gasteiger partial charge on any atom is -0.550 e. The van der Waals surface area contributed by atoms with Crippen LogP contribution in [0.1, 0.15) is 51.4 Å². The molecule has 1 saturated carbocycles. The van der Waals surface area contributed by atoms with Crippen LogP contribution in [-0.4, -0.2) is 5.97 Å². The molecule has 0 N–H and O–H groups in total. The Hall–Kier alpha value is 0.0934. The summed E-state index contributed by atoms with van der Waals surface area (Å²) in [6.45, 7) is 0. The summed E-state index contributed by atoms with van der Waals surface area (Å²) in [4.78, 5) is 10.1. The van der Waals surface area contributed by atoms with Crippen molar-refractivity contribution in [3.05, 3.63) is 0 Å². The molecule has 0 aliphatic heterocycles. The third kappa shape index (κ3) is 6.20. The number of carboxylic acids is 1. The Morgan fingerprint density at radius 2 is 1.85 bits per heavy atom. The zero-order valence-electron chi connectivity index (χ0n) is 8.26. The number of carbonyl (C=O) groups excluding carboxylic acids is 1. The van der Waals surface area contributed by atoms with Gasteiger partial charge >= 0.3 is 19.5 Å². The second-order valence-corrected chi connectivity index (χ2v) is 3.77. The summed E-state index contributed by atoms with van der Waals surface area (Å²) in [5.41, 5.74) is 0. The van der Waals surface area contributed by atoms with Crippen molar-refractivity contribution in [1.82, 2.24) is 0 Å². The topological polar surface area (TPSA) is 40.1 Å². The summed E-state index contributed by atoms with van der Waals surface area (Å²) in [7, 11) is 0. The van der Waals surface area contributed by atoms with E-state index >= 15 is 0 Å². The van der Waals surface area contributed by atoms with E-state index in [0.717, 1.165) is 18.8 Å². The van der Waals surface area contributed by atoms with Crippen molar-refractivity contribution < 1.29 is 29.4 Å². The van der Waals surface area contributed by atoms with E-state index < -0.39 is 5.97 Å². The normalized spacial score (nSPS) is 17.8. The molecule has 0 aromatic rings. The maximum absolute atomic E-state index is 10.1. The van der Waals surface area contributed by atoms with Crippen LogP contribution < -0.4 is 5.11 Å². The Labute approximate surface area is 92.9 Å². The molecule has 1 aliphatic carbocycles. The standard InChI is InChI=1S/C10H18O2.Zn/c11-10(12)8-4-7-9-5-2-1-3-6-9;/h9H,1-8H2,(H,11,12);/q;+2/p-1. The first-order chi connectivity index (χ1) is 5.79. The van der Waals surface area contributed by atoms with Crippen LogP contribution in [0.3, 0.4) is 0 Å². The minimum atomic E-state index is -0.897. The molecule has 0 aromatic heterocycles. The van der Waals surface area contributed by atoms with Crippen LogP contribution in [0.4, 0.5) is 0 Å². The van der Waals surface area contributed by atoms with Crippen LogP contribution in [0.15, 0.2) is 0 Å². The number of carbonyl (C=O) groups is 1. The third-order valence-electron chi connectivity index (χ3n) is 2.72. The van der Waals surface area contributed by atoms with Crippen LogP contribution in [0.25, 0.3) is 0 Å². The maximum atomic E-state index is 10.1. The van der Waals surface area contributed by atoms with E-state index in [1.165, 1.54) is 32.1 Å². The monoisotopic (exact) mass is 233 g/mol. The summed E-state index contributed by atoms with van der Waals surface area (Å²) < 4.78 is 0. The average molecular weight is 235 g/mol. The fourth-order valence-electron chi connectivity index (χ4n) is 2.01. The zero-order valence-corrected chi connectivity index (χ0v) is 11.2. The molecular formula is C10H17O2Zn+. The predicted molar refractivity (Wildman–Crippen MR) is 45.4 cm³/mol. The van der Waals surface area contributed by atoms with Crippen molar-refractivity contribution in [2.45, 2.75) is 51.4 Å². The first-order valence-electron chi connectivity index (χ1n) is 4.99. The van der Waals surface area contributed by atoms with E-state index in [9.17, 15) is 9.90 Å². The number of hydrogen-bond acceptors (Lipinski definition) is 2. The molecule has 70 valence electrons. The molecule has 2 nitrogen and oxygen atoms in total. The van der Waals surface area contributed by atoms with Gasteiger partial charge in [-0.15, -0.1) is 0 Å². The summed E-state index contributed by atoms with van der Waals surface area (Å²) in [5.74, 6) is -0.0936. The van der Waals surface area contributed by atoms with Gasteiger partial charge in [-0.2, -0.15) is 0 Å². The van der Waals surface area contributed by atoms with Gasteiger partial charge in [-0.1, -0.05) is 38.5 Å². The van der Waals surface area contributed by atoms with Gasteiger partial charge in [-0.25, -0.2) is 0 Å². The predicted octanol–water partition coefficient (Wildman–Crippen LogP) is 1.48. The van der Waals surface area contributed by atoms with Crippen LogP contribution in [0.2, 0.25) is 0 Å². The molecule has 0 spiro atoms. The molecule has 0 radical (unpaired) electrons. The van der Waals surface area contributed by atoms with E-state index in [0.29, 0.717) is 0 Å². The molecule has 0 atom stereocenters. The Morgan fingerprint density at radius 1 is 1.23 bits per heavy atom. The van der Waals surface area contributed by atoms with Crippen molar-refractivity contribution in [2.75, 3.05) is 0 Å². The second-order valence-electron chi connectivity index (χ2n) is 3.77. The van der Waals surface area contributed by atoms with Gasteiger partial charge in [-0.3, -0.25) is 0 Å². The second kappa shape index (κ2) is 7.49. The Morgan fingerprint density at radius 3 is 2.38 bits per heavy atom. The summed E-state index contributed by atoms with van der Waals surface area (Å²) in [5, 5.41) is 10.1. The maximum Gasteiger partial charge on any atom is 2.00 e. The van der Waals surface area contributed by atoms with Crippen molar-refractivity contribution in [1.29, 1.82) is 0 Å². The number of rotatable bonds is 4. The minimum absolute atomic E-state index is 0. The largest absolute Gasteiger partial charge is 2.00 e. The SMILES string of the molecule is O=C([O-])CCCC1CCCCC1.[Zn+2]. The van der Waals surface area contributed by atoms with Crippen molar-refractivity contribution >= 4 is 5.97 Å². The van der Waals surface area contributed by atoms with Gasteiger partial charge in [0.25, 0.3) is 0 Å². The molecule has 3 heteroatoms. The van der Waals surface area contributed by atoms with E-state index in [-0.39, 0.29) is 25.9 Å². The van der Waals surface area contributed by atoms with E-state index in [2.05, 4.69) is 0 Å². The molecule has 0 amide bonds. The average Bonchev–Trinajstić information content (AvgIpc) is 2.05. The molecule has 1 rings (SSSR count). The molecule has 0 aromatic carbocycles. The molecular weight excluding hydrogens is 217 g/mol. The van der Waals surface area contributed by atoms with E-state index in [1.807, 2.05) is 0 Å². The fraction of sp³-hybridized carbons (Fsp3) is 0.900. The third-order valence-corrected chi connectivity index (χ3v) is 2.72. The van der Waals surface area contributed by atoms with Gasteiger partial charge in [0, 0.05) is 5.97 Å². The molecule has 0 saturated heterocycles. The molecule has 0 bridgehead atoms. The quantitative estimate of drug-likeness (QED) is 0.692. The van der Waals surface area contributed by atoms with Crippen LogP contribution in [0, 0.1) is 5.92 Å². The van der Waals surface area contributed by atoms with Gasteiger partial charge < -0.3 is 9.90 Å². The number of hydrogen-bond donors (Lipinski definition) is 0. The summed E-state index contributed by atoms with van der Waals surface area (Å²) >= 11 is 0. The molecule has 1 fully saturated rings. The van der Waals surface area contributed by atoms with Gasteiger partial charge in [-0.05, 0) is 18.8 Å². The van der Waals surface area contributed by atoms with E-state index in [4.69, 9.17) is 0 Å². The van der Waals surface area contributed by atoms with Gasteiger partial charge in [0.15, 0.2) is 0 Å². The van der Waals surface area contributed by atoms with Gasteiger partial charge in [0.1, 0.15) is 0 Å². The fourth-order valence-corrected chi connectivity index (χ4v) is 2.01. The van der Waals surface area contributed by atoms with Crippen molar-refractivity contribution in [2.24, 2.45) is 5.92 Å². The summed E-state index contributed by atoms with van der Waals surface area (Å²) in [6, 6.07) is 0. The summed E-state index contributed by atoms with van der Waals surface area (Å²) in [6.07, 6.45) is 8.83. The van der Waals surface area contributed by atoms with Crippen molar-refractivity contribution in [3.8, 4) is 0 Å². The molecule has 13 heavy (non-hydrogen) atoms. The van der Waals surface area contributed by atoms with Crippen molar-refractivity contribution in [3.63, 3.8) is 0 Å². The molecule has 0 heterocycles. The van der Waals surface area contributed by atoms with Crippen LogP contribution in [-0.2, 0) is 24.3 Å². The van der Waals surface area contributed by atoms with Gasteiger partial charge in [0.2, 0.25) is 0 Å². The molecule has 1 aliphatic rings. The van der Waals surface area contributed by atoms with Crippen LogP contribution in [0.5, 0.6) is 0 Å². The van der Waals surface area contributed by atoms with E-state index in [1.54, 1.807) is 0 Å². The Bertz CT molecular complexity index is 142. The first-order valence-corrected chi connectivity index (χ1v) is 4.99. The van der Waals surface area contributed by atoms with Crippen LogP contribution >= 0.6 is 0 Å². The Balaban J connectivity index is 0.00000144. The Kier molecular flexibility index (Phi) is 7.55. The van der Waals surface area contributed by atoms with Gasteiger partial charge in [0.05, 0.1) is 0 Å². The first kappa shape index (κ1) is 13.1. The zero-order chi connectivity index (χ0) is 8.81. The number of carboxylic acid groups (broad SMARTS) is 1. The smallest absolute Gasteiger partial charge is 0.550 e.